The van der Waals surface area contributed by atoms with Crippen LogP contribution in [0.2, 0.25) is 0 Å². The van der Waals surface area contributed by atoms with E-state index >= 15 is 0 Å². The fourth-order valence-corrected chi connectivity index (χ4v) is 3.12. The maximum Gasteiger partial charge on any atom is 0.231 e. The van der Waals surface area contributed by atoms with Crippen LogP contribution in [0.1, 0.15) is 21.5 Å². The lowest BCUT2D eigenvalue weighted by Crippen LogP contribution is -1.98. The van der Waals surface area contributed by atoms with E-state index in [1.807, 2.05) is 48.5 Å². The van der Waals surface area contributed by atoms with Gasteiger partial charge < -0.3 is 14.2 Å². The molecule has 0 aromatic heterocycles. The minimum atomic E-state index is -0.125. The van der Waals surface area contributed by atoms with Crippen molar-refractivity contribution in [1.82, 2.24) is 0 Å². The third kappa shape index (κ3) is 3.94. The Bertz CT molecular complexity index is 1040. The van der Waals surface area contributed by atoms with Crippen LogP contribution in [0.15, 0.2) is 77.0 Å². The molecule has 1 heterocycles. The van der Waals surface area contributed by atoms with Crippen LogP contribution in [-0.4, -0.2) is 12.9 Å². The lowest BCUT2D eigenvalue weighted by molar-refractivity contribution is 0.101. The van der Waals surface area contributed by atoms with Crippen molar-refractivity contribution < 1.29 is 19.0 Å². The Labute approximate surface area is 171 Å². The third-order valence-corrected chi connectivity index (χ3v) is 4.90. The molecule has 5 heteroatoms. The molecule has 28 heavy (non-hydrogen) atoms. The summed E-state index contributed by atoms with van der Waals surface area (Å²) in [6.07, 6.45) is 1.74. The second-order valence-electron chi connectivity index (χ2n) is 6.29. The van der Waals surface area contributed by atoms with Crippen LogP contribution in [0.5, 0.6) is 17.2 Å². The number of Topliss-reactive ketones (excluding diaryl/α,β-unsaturated/α-hetero) is 1. The van der Waals surface area contributed by atoms with E-state index in [9.17, 15) is 4.79 Å². The summed E-state index contributed by atoms with van der Waals surface area (Å²) in [6, 6.07) is 20.6. The predicted octanol–water partition coefficient (Wildman–Crippen LogP) is 5.65. The van der Waals surface area contributed by atoms with Crippen LogP contribution in [0, 0.1) is 0 Å². The first-order valence-corrected chi connectivity index (χ1v) is 9.51. The monoisotopic (exact) mass is 436 g/mol. The molecule has 0 spiro atoms. The van der Waals surface area contributed by atoms with Gasteiger partial charge in [0, 0.05) is 10.5 Å². The van der Waals surface area contributed by atoms with Crippen LogP contribution in [0.4, 0.5) is 0 Å². The molecule has 4 nitrogen and oxygen atoms in total. The average Bonchev–Trinajstić information content (AvgIpc) is 3.03. The smallest absolute Gasteiger partial charge is 0.231 e. The normalized spacial score (nSPS) is 13.9. The summed E-state index contributed by atoms with van der Waals surface area (Å²) >= 11 is 3.40. The first-order valence-electron chi connectivity index (χ1n) is 8.72. The summed E-state index contributed by atoms with van der Waals surface area (Å²) in [5.74, 6) is 2.15. The molecule has 0 amide bonds. The molecule has 0 saturated heterocycles. The summed E-state index contributed by atoms with van der Waals surface area (Å²) in [7, 11) is 1.64. The SMILES string of the molecule is COc1ccc(COc2ccc3c(c2)O/C(=C\c2ccc(Br)cc2)C3=O)cc1. The molecular formula is C23H17BrO4. The highest BCUT2D eigenvalue weighted by atomic mass is 79.9. The fraction of sp³-hybridized carbons (Fsp3) is 0.0870. The van der Waals surface area contributed by atoms with Gasteiger partial charge in [0.15, 0.2) is 5.76 Å². The first kappa shape index (κ1) is 18.3. The summed E-state index contributed by atoms with van der Waals surface area (Å²) < 4.78 is 17.8. The standard InChI is InChI=1S/C23H17BrO4/c1-26-18-8-4-16(5-9-18)14-27-19-10-11-20-21(13-19)28-22(23(20)25)12-15-2-6-17(24)7-3-15/h2-13H,14H2,1H3/b22-12-. The molecule has 1 aliphatic rings. The molecule has 4 rings (SSSR count). The van der Waals surface area contributed by atoms with E-state index < -0.39 is 0 Å². The number of hydrogen-bond donors (Lipinski definition) is 0. The maximum atomic E-state index is 12.6. The topological polar surface area (TPSA) is 44.8 Å². The van der Waals surface area contributed by atoms with Gasteiger partial charge in [0.25, 0.3) is 0 Å². The van der Waals surface area contributed by atoms with Crippen LogP contribution >= 0.6 is 15.9 Å². The number of benzene rings is 3. The van der Waals surface area contributed by atoms with Crippen molar-refractivity contribution in [3.05, 3.63) is 93.7 Å². The zero-order valence-corrected chi connectivity index (χ0v) is 16.7. The number of hydrogen-bond acceptors (Lipinski definition) is 4. The molecular weight excluding hydrogens is 420 g/mol. The van der Waals surface area contributed by atoms with Crippen LogP contribution in [0.3, 0.4) is 0 Å². The van der Waals surface area contributed by atoms with Gasteiger partial charge in [-0.15, -0.1) is 0 Å². The Hall–Kier alpha value is -3.05. The number of carbonyl (C=O) groups is 1. The van der Waals surface area contributed by atoms with E-state index in [1.54, 1.807) is 31.4 Å². The highest BCUT2D eigenvalue weighted by molar-refractivity contribution is 9.10. The zero-order valence-electron chi connectivity index (χ0n) is 15.1. The highest BCUT2D eigenvalue weighted by Crippen LogP contribution is 2.35. The van der Waals surface area contributed by atoms with Crippen LogP contribution in [-0.2, 0) is 6.61 Å². The zero-order chi connectivity index (χ0) is 19.5. The number of halogens is 1. The Morgan fingerprint density at radius 1 is 0.964 bits per heavy atom. The molecule has 0 unspecified atom stereocenters. The average molecular weight is 437 g/mol. The number of ketones is 1. The number of rotatable bonds is 5. The molecule has 0 N–H and O–H groups in total. The minimum absolute atomic E-state index is 0.125. The molecule has 1 aliphatic heterocycles. The van der Waals surface area contributed by atoms with Gasteiger partial charge in [-0.1, -0.05) is 40.2 Å². The minimum Gasteiger partial charge on any atom is -0.497 e. The second-order valence-corrected chi connectivity index (χ2v) is 7.20. The number of allylic oxidation sites excluding steroid dienone is 1. The molecule has 0 saturated carbocycles. The van der Waals surface area contributed by atoms with Crippen molar-refractivity contribution in [2.45, 2.75) is 6.61 Å². The number of ether oxygens (including phenoxy) is 3. The Morgan fingerprint density at radius 2 is 1.68 bits per heavy atom. The third-order valence-electron chi connectivity index (χ3n) is 4.37. The molecule has 3 aromatic rings. The lowest BCUT2D eigenvalue weighted by Gasteiger charge is -2.08. The number of fused-ring (bicyclic) bond motifs is 1. The van der Waals surface area contributed by atoms with E-state index in [1.165, 1.54) is 0 Å². The van der Waals surface area contributed by atoms with Crippen molar-refractivity contribution >= 4 is 27.8 Å². The molecule has 0 fully saturated rings. The van der Waals surface area contributed by atoms with Crippen LogP contribution in [0.25, 0.3) is 6.08 Å². The molecule has 0 radical (unpaired) electrons. The van der Waals surface area contributed by atoms with Gasteiger partial charge >= 0.3 is 0 Å². The lowest BCUT2D eigenvalue weighted by atomic mass is 10.1. The van der Waals surface area contributed by atoms with Crippen LogP contribution < -0.4 is 14.2 Å². The highest BCUT2D eigenvalue weighted by Gasteiger charge is 2.27. The van der Waals surface area contributed by atoms with E-state index in [-0.39, 0.29) is 5.78 Å². The molecule has 0 aliphatic carbocycles. The predicted molar refractivity (Wildman–Crippen MR) is 111 cm³/mol. The molecule has 0 bridgehead atoms. The van der Waals surface area contributed by atoms with Gasteiger partial charge in [0.05, 0.1) is 12.7 Å². The van der Waals surface area contributed by atoms with Gasteiger partial charge in [-0.2, -0.15) is 0 Å². The molecule has 0 atom stereocenters. The quantitative estimate of drug-likeness (QED) is 0.484. The van der Waals surface area contributed by atoms with Gasteiger partial charge in [0.1, 0.15) is 23.9 Å². The first-order chi connectivity index (χ1) is 13.6. The van der Waals surface area contributed by atoms with Gasteiger partial charge in [-0.25, -0.2) is 0 Å². The van der Waals surface area contributed by atoms with Crippen molar-refractivity contribution in [2.24, 2.45) is 0 Å². The van der Waals surface area contributed by atoms with E-state index in [0.29, 0.717) is 29.4 Å². The Morgan fingerprint density at radius 3 is 2.39 bits per heavy atom. The Balaban J connectivity index is 1.47. The van der Waals surface area contributed by atoms with E-state index in [4.69, 9.17) is 14.2 Å². The van der Waals surface area contributed by atoms with Crippen molar-refractivity contribution in [3.8, 4) is 17.2 Å². The summed E-state index contributed by atoms with van der Waals surface area (Å²) in [5.41, 5.74) is 2.46. The largest absolute Gasteiger partial charge is 0.497 e. The van der Waals surface area contributed by atoms with Gasteiger partial charge in [0.2, 0.25) is 5.78 Å². The summed E-state index contributed by atoms with van der Waals surface area (Å²) in [6.45, 7) is 0.415. The van der Waals surface area contributed by atoms with E-state index in [2.05, 4.69) is 15.9 Å². The summed E-state index contributed by atoms with van der Waals surface area (Å²) in [5, 5.41) is 0. The van der Waals surface area contributed by atoms with Gasteiger partial charge in [-0.05, 0) is 53.6 Å². The van der Waals surface area contributed by atoms with Gasteiger partial charge in [-0.3, -0.25) is 4.79 Å². The number of carbonyl (C=O) groups excluding carboxylic acids is 1. The van der Waals surface area contributed by atoms with E-state index in [0.717, 1.165) is 21.3 Å². The summed E-state index contributed by atoms with van der Waals surface area (Å²) in [4.78, 5) is 12.6. The van der Waals surface area contributed by atoms with Crippen molar-refractivity contribution in [3.63, 3.8) is 0 Å². The number of methoxy groups -OCH3 is 1. The van der Waals surface area contributed by atoms with Crippen molar-refractivity contribution in [1.29, 1.82) is 0 Å². The fourth-order valence-electron chi connectivity index (χ4n) is 2.86. The molecule has 140 valence electrons. The maximum absolute atomic E-state index is 12.6. The second kappa shape index (κ2) is 7.90. The Kier molecular flexibility index (Phi) is 5.17. The molecule has 3 aromatic carbocycles. The van der Waals surface area contributed by atoms with Crippen molar-refractivity contribution in [2.75, 3.05) is 7.11 Å².